The Kier molecular flexibility index (Phi) is 3.74. The Hall–Kier alpha value is -2.03. The zero-order valence-electron chi connectivity index (χ0n) is 11.7. The molecule has 0 radical (unpaired) electrons. The van der Waals surface area contributed by atoms with Crippen molar-refractivity contribution in [3.05, 3.63) is 51.8 Å². The van der Waals surface area contributed by atoms with E-state index in [4.69, 9.17) is 4.74 Å². The summed E-state index contributed by atoms with van der Waals surface area (Å²) in [5, 5.41) is 0.956. The van der Waals surface area contributed by atoms with Gasteiger partial charge in [0.2, 0.25) is 0 Å². The van der Waals surface area contributed by atoms with Gasteiger partial charge >= 0.3 is 0 Å². The molecule has 0 aliphatic heterocycles. The molecule has 2 rings (SSSR count). The molecule has 0 bridgehead atoms. The average molecular weight is 257 g/mol. The molecule has 0 spiro atoms. The Morgan fingerprint density at radius 2 is 2.16 bits per heavy atom. The third-order valence-corrected chi connectivity index (χ3v) is 3.12. The van der Waals surface area contributed by atoms with Crippen LogP contribution in [0.25, 0.3) is 10.9 Å². The molecule has 1 N–H and O–H groups in total. The summed E-state index contributed by atoms with van der Waals surface area (Å²) in [4.78, 5) is 14.8. The average Bonchev–Trinajstić information content (AvgIpc) is 2.38. The molecule has 0 fully saturated rings. The summed E-state index contributed by atoms with van der Waals surface area (Å²) in [7, 11) is 0. The van der Waals surface area contributed by atoms with Gasteiger partial charge in [0.25, 0.3) is 5.56 Å². The first-order chi connectivity index (χ1) is 9.02. The first-order valence-corrected chi connectivity index (χ1v) is 6.45. The number of nitrogens with one attached hydrogen (secondary N) is 1. The van der Waals surface area contributed by atoms with Crippen molar-refractivity contribution in [2.45, 2.75) is 27.2 Å². The summed E-state index contributed by atoms with van der Waals surface area (Å²) in [6.45, 7) is 10.2. The van der Waals surface area contributed by atoms with Gasteiger partial charge in [-0.3, -0.25) is 4.79 Å². The first-order valence-electron chi connectivity index (χ1n) is 6.45. The van der Waals surface area contributed by atoms with Gasteiger partial charge in [-0.2, -0.15) is 0 Å². The van der Waals surface area contributed by atoms with Crippen molar-refractivity contribution in [3.8, 4) is 5.75 Å². The second kappa shape index (κ2) is 5.31. The van der Waals surface area contributed by atoms with E-state index in [0.717, 1.165) is 33.4 Å². The molecule has 1 aromatic heterocycles. The normalized spacial score (nSPS) is 10.7. The van der Waals surface area contributed by atoms with Crippen LogP contribution in [0.15, 0.2) is 35.1 Å². The van der Waals surface area contributed by atoms with Crippen molar-refractivity contribution in [2.24, 2.45) is 0 Å². The first kappa shape index (κ1) is 13.4. The molecule has 0 unspecified atom stereocenters. The molecule has 100 valence electrons. The monoisotopic (exact) mass is 257 g/mol. The number of hydrogen-bond donors (Lipinski definition) is 1. The van der Waals surface area contributed by atoms with E-state index in [9.17, 15) is 4.79 Å². The van der Waals surface area contributed by atoms with Gasteiger partial charge in [-0.15, -0.1) is 0 Å². The van der Waals surface area contributed by atoms with Crippen LogP contribution >= 0.6 is 0 Å². The zero-order valence-corrected chi connectivity index (χ0v) is 11.7. The number of fused-ring (bicyclic) bond motifs is 1. The minimum absolute atomic E-state index is 0.0184. The minimum Gasteiger partial charge on any atom is -0.489 e. The maximum atomic E-state index is 11.9. The molecular formula is C16H19NO2. The minimum atomic E-state index is -0.0184. The van der Waals surface area contributed by atoms with Crippen molar-refractivity contribution < 1.29 is 4.74 Å². The van der Waals surface area contributed by atoms with E-state index in [1.807, 2.05) is 39.0 Å². The number of benzene rings is 1. The van der Waals surface area contributed by atoms with Crippen LogP contribution in [0, 0.1) is 6.92 Å². The number of H-pyrrole nitrogens is 1. The molecule has 2 aromatic rings. The SMILES string of the molecule is C=C(C)COc1ccc(C)c2[nH]c(=O)c(CC)cc12. The maximum Gasteiger partial charge on any atom is 0.251 e. The van der Waals surface area contributed by atoms with Gasteiger partial charge < -0.3 is 9.72 Å². The van der Waals surface area contributed by atoms with E-state index in [2.05, 4.69) is 11.6 Å². The molecule has 0 atom stereocenters. The predicted octanol–water partition coefficient (Wildman–Crippen LogP) is 3.35. The number of pyridine rings is 1. The van der Waals surface area contributed by atoms with Crippen molar-refractivity contribution in [3.63, 3.8) is 0 Å². The summed E-state index contributed by atoms with van der Waals surface area (Å²) < 4.78 is 5.75. The smallest absolute Gasteiger partial charge is 0.251 e. The fourth-order valence-electron chi connectivity index (χ4n) is 2.04. The highest BCUT2D eigenvalue weighted by Crippen LogP contribution is 2.27. The molecule has 1 aromatic carbocycles. The van der Waals surface area contributed by atoms with Gasteiger partial charge in [0.1, 0.15) is 12.4 Å². The van der Waals surface area contributed by atoms with Crippen LogP contribution < -0.4 is 10.3 Å². The van der Waals surface area contributed by atoms with Gasteiger partial charge in [-0.05, 0) is 43.5 Å². The summed E-state index contributed by atoms with van der Waals surface area (Å²) in [5.41, 5.74) is 3.61. The van der Waals surface area contributed by atoms with Crippen LogP contribution in [0.4, 0.5) is 0 Å². The van der Waals surface area contributed by atoms with Crippen LogP contribution in [0.2, 0.25) is 0 Å². The number of ether oxygens (including phenoxy) is 1. The fraction of sp³-hybridized carbons (Fsp3) is 0.312. The van der Waals surface area contributed by atoms with Gasteiger partial charge in [0.05, 0.1) is 5.52 Å². The highest BCUT2D eigenvalue weighted by molar-refractivity contribution is 5.88. The molecule has 0 aliphatic rings. The van der Waals surface area contributed by atoms with E-state index in [0.29, 0.717) is 13.0 Å². The highest BCUT2D eigenvalue weighted by Gasteiger charge is 2.08. The van der Waals surface area contributed by atoms with Crippen LogP contribution in [0.5, 0.6) is 5.75 Å². The Balaban J connectivity index is 2.62. The third kappa shape index (κ3) is 2.70. The lowest BCUT2D eigenvalue weighted by atomic mass is 10.1. The lowest BCUT2D eigenvalue weighted by Gasteiger charge is -2.11. The molecule has 0 amide bonds. The predicted molar refractivity (Wildman–Crippen MR) is 79.0 cm³/mol. The fourth-order valence-corrected chi connectivity index (χ4v) is 2.04. The van der Waals surface area contributed by atoms with Gasteiger partial charge in [0, 0.05) is 10.9 Å². The summed E-state index contributed by atoms with van der Waals surface area (Å²) >= 11 is 0. The molecule has 3 nitrogen and oxygen atoms in total. The number of aryl methyl sites for hydroxylation is 2. The summed E-state index contributed by atoms with van der Waals surface area (Å²) in [6, 6.07) is 5.82. The second-order valence-electron chi connectivity index (χ2n) is 4.89. The Bertz CT molecular complexity index is 683. The lowest BCUT2D eigenvalue weighted by molar-refractivity contribution is 0.357. The number of rotatable bonds is 4. The zero-order chi connectivity index (χ0) is 14.0. The van der Waals surface area contributed by atoms with Gasteiger partial charge in [-0.1, -0.05) is 19.6 Å². The van der Waals surface area contributed by atoms with Crippen LogP contribution in [-0.4, -0.2) is 11.6 Å². The van der Waals surface area contributed by atoms with E-state index in [-0.39, 0.29) is 5.56 Å². The van der Waals surface area contributed by atoms with E-state index < -0.39 is 0 Å². The van der Waals surface area contributed by atoms with Crippen molar-refractivity contribution >= 4 is 10.9 Å². The number of aromatic amines is 1. The van der Waals surface area contributed by atoms with E-state index >= 15 is 0 Å². The van der Waals surface area contributed by atoms with Crippen molar-refractivity contribution in [2.75, 3.05) is 6.61 Å². The molecule has 19 heavy (non-hydrogen) atoms. The molecule has 1 heterocycles. The molecule has 3 heteroatoms. The topological polar surface area (TPSA) is 42.1 Å². The van der Waals surface area contributed by atoms with Crippen LogP contribution in [-0.2, 0) is 6.42 Å². The summed E-state index contributed by atoms with van der Waals surface area (Å²) in [6.07, 6.45) is 0.707. The van der Waals surface area contributed by atoms with Crippen molar-refractivity contribution in [1.82, 2.24) is 4.98 Å². The third-order valence-electron chi connectivity index (χ3n) is 3.12. The van der Waals surface area contributed by atoms with Crippen LogP contribution in [0.3, 0.4) is 0 Å². The Labute approximate surface area is 112 Å². The molecule has 0 aliphatic carbocycles. The molecule has 0 saturated carbocycles. The quantitative estimate of drug-likeness (QED) is 0.853. The van der Waals surface area contributed by atoms with Crippen molar-refractivity contribution in [1.29, 1.82) is 0 Å². The Morgan fingerprint density at radius 1 is 1.42 bits per heavy atom. The molecular weight excluding hydrogens is 238 g/mol. The highest BCUT2D eigenvalue weighted by atomic mass is 16.5. The van der Waals surface area contributed by atoms with E-state index in [1.54, 1.807) is 0 Å². The van der Waals surface area contributed by atoms with Crippen LogP contribution in [0.1, 0.15) is 25.0 Å². The number of aromatic nitrogens is 1. The number of hydrogen-bond acceptors (Lipinski definition) is 2. The van der Waals surface area contributed by atoms with E-state index in [1.165, 1.54) is 0 Å². The van der Waals surface area contributed by atoms with Gasteiger partial charge in [0.15, 0.2) is 0 Å². The largest absolute Gasteiger partial charge is 0.489 e. The standard InChI is InChI=1S/C16H19NO2/c1-5-12-8-13-14(19-9-10(2)3)7-6-11(4)15(13)17-16(12)18/h6-8H,2,5,9H2,1,3-4H3,(H,17,18). The lowest BCUT2D eigenvalue weighted by Crippen LogP contribution is -2.12. The van der Waals surface area contributed by atoms with Gasteiger partial charge in [-0.25, -0.2) is 0 Å². The molecule has 0 saturated heterocycles. The maximum absolute atomic E-state index is 11.9. The Morgan fingerprint density at radius 3 is 2.79 bits per heavy atom. The summed E-state index contributed by atoms with van der Waals surface area (Å²) in [5.74, 6) is 0.787. The second-order valence-corrected chi connectivity index (χ2v) is 4.89.